The zero-order chi connectivity index (χ0) is 11.8. The predicted molar refractivity (Wildman–Crippen MR) is 64.5 cm³/mol. The van der Waals surface area contributed by atoms with Crippen LogP contribution in [0.15, 0.2) is 23.5 Å². The summed E-state index contributed by atoms with van der Waals surface area (Å²) in [7, 11) is 0. The number of aliphatic hydroxyl groups is 1. The van der Waals surface area contributed by atoms with Gasteiger partial charge in [0.2, 0.25) is 0 Å². The van der Waals surface area contributed by atoms with E-state index >= 15 is 0 Å². The summed E-state index contributed by atoms with van der Waals surface area (Å²) in [5.74, 6) is 6.63. The van der Waals surface area contributed by atoms with E-state index < -0.39 is 0 Å². The molecule has 0 radical (unpaired) electrons. The third-order valence-corrected chi connectivity index (χ3v) is 2.46. The minimum Gasteiger partial charge on any atom is -0.485 e. The molecule has 1 atom stereocenters. The minimum atomic E-state index is -0.145. The van der Waals surface area contributed by atoms with Gasteiger partial charge < -0.3 is 15.6 Å². The van der Waals surface area contributed by atoms with E-state index in [0.717, 1.165) is 25.0 Å². The summed E-state index contributed by atoms with van der Waals surface area (Å²) in [6.45, 7) is 2.30. The lowest BCUT2D eigenvalue weighted by Crippen LogP contribution is -2.25. The summed E-state index contributed by atoms with van der Waals surface area (Å²) in [5.41, 5.74) is 6.95. The topological polar surface area (TPSA) is 55.5 Å². The normalized spacial score (nSPS) is 16.7. The summed E-state index contributed by atoms with van der Waals surface area (Å²) in [6.07, 6.45) is 6.62. The number of hydrogen-bond donors (Lipinski definition) is 2. The predicted octanol–water partition coefficient (Wildman–Crippen LogP) is 1.34. The SMILES string of the molecule is CC#CCOC1=CC=C(C[C@H](N)CO)CC1. The number of allylic oxidation sites excluding steroid dienone is 3. The minimum absolute atomic E-state index is 0.0382. The van der Waals surface area contributed by atoms with Gasteiger partial charge in [0.1, 0.15) is 6.61 Å². The molecule has 0 spiro atoms. The summed E-state index contributed by atoms with van der Waals surface area (Å²) < 4.78 is 5.47. The lowest BCUT2D eigenvalue weighted by atomic mass is 9.98. The van der Waals surface area contributed by atoms with Gasteiger partial charge in [0.25, 0.3) is 0 Å². The van der Waals surface area contributed by atoms with Crippen LogP contribution < -0.4 is 5.73 Å². The monoisotopic (exact) mass is 221 g/mol. The molecule has 3 nitrogen and oxygen atoms in total. The first-order valence-corrected chi connectivity index (χ1v) is 5.53. The molecule has 0 heterocycles. The van der Waals surface area contributed by atoms with Crippen LogP contribution in [0.25, 0.3) is 0 Å². The van der Waals surface area contributed by atoms with E-state index in [4.69, 9.17) is 15.6 Å². The Bertz CT molecular complexity index is 334. The molecule has 0 aliphatic heterocycles. The highest BCUT2D eigenvalue weighted by Gasteiger charge is 2.10. The van der Waals surface area contributed by atoms with E-state index in [9.17, 15) is 0 Å². The van der Waals surface area contributed by atoms with Crippen LogP contribution in [0.5, 0.6) is 0 Å². The standard InChI is InChI=1S/C13H19NO2/c1-2-3-8-16-13-6-4-11(5-7-13)9-12(14)10-15/h4,6,12,15H,5,7-10,14H2,1H3/t12-/m0/s1. The molecule has 0 aromatic rings. The Kier molecular flexibility index (Phi) is 5.69. The number of rotatable bonds is 5. The molecule has 0 aromatic heterocycles. The van der Waals surface area contributed by atoms with Crippen molar-refractivity contribution in [2.45, 2.75) is 32.2 Å². The summed E-state index contributed by atoms with van der Waals surface area (Å²) >= 11 is 0. The molecule has 0 aromatic carbocycles. The second-order valence-electron chi connectivity index (χ2n) is 3.82. The van der Waals surface area contributed by atoms with Crippen LogP contribution in [-0.4, -0.2) is 24.4 Å². The van der Waals surface area contributed by atoms with Crippen LogP contribution in [0.3, 0.4) is 0 Å². The van der Waals surface area contributed by atoms with Gasteiger partial charge in [-0.05, 0) is 25.8 Å². The molecule has 88 valence electrons. The van der Waals surface area contributed by atoms with E-state index in [1.54, 1.807) is 6.92 Å². The Hall–Kier alpha value is -1.24. The Labute approximate surface area is 97.0 Å². The van der Waals surface area contributed by atoms with Crippen LogP contribution in [0.4, 0.5) is 0 Å². The Morgan fingerprint density at radius 3 is 2.88 bits per heavy atom. The second kappa shape index (κ2) is 7.10. The average Bonchev–Trinajstić information content (AvgIpc) is 2.31. The van der Waals surface area contributed by atoms with E-state index in [0.29, 0.717) is 6.61 Å². The summed E-state index contributed by atoms with van der Waals surface area (Å²) in [5, 5.41) is 8.85. The Morgan fingerprint density at radius 1 is 1.50 bits per heavy atom. The van der Waals surface area contributed by atoms with Gasteiger partial charge in [0.15, 0.2) is 0 Å². The largest absolute Gasteiger partial charge is 0.485 e. The highest BCUT2D eigenvalue weighted by molar-refractivity contribution is 5.22. The van der Waals surface area contributed by atoms with Gasteiger partial charge in [-0.3, -0.25) is 0 Å². The molecular weight excluding hydrogens is 202 g/mol. The fourth-order valence-electron chi connectivity index (χ4n) is 1.55. The van der Waals surface area contributed by atoms with Crippen LogP contribution in [0.2, 0.25) is 0 Å². The first-order valence-electron chi connectivity index (χ1n) is 5.53. The molecule has 3 N–H and O–H groups in total. The van der Waals surface area contributed by atoms with Crippen LogP contribution in [0.1, 0.15) is 26.2 Å². The first kappa shape index (κ1) is 12.8. The zero-order valence-corrected chi connectivity index (χ0v) is 9.70. The fourth-order valence-corrected chi connectivity index (χ4v) is 1.55. The lowest BCUT2D eigenvalue weighted by Gasteiger charge is -2.16. The van der Waals surface area contributed by atoms with Gasteiger partial charge in [0.05, 0.1) is 12.4 Å². The van der Waals surface area contributed by atoms with E-state index in [1.165, 1.54) is 5.57 Å². The molecule has 1 aliphatic carbocycles. The average molecular weight is 221 g/mol. The highest BCUT2D eigenvalue weighted by atomic mass is 16.5. The quantitative estimate of drug-likeness (QED) is 0.689. The molecule has 0 saturated carbocycles. The molecule has 0 fully saturated rings. The van der Waals surface area contributed by atoms with Crippen molar-refractivity contribution in [2.75, 3.05) is 13.2 Å². The smallest absolute Gasteiger partial charge is 0.148 e. The maximum atomic E-state index is 8.85. The Morgan fingerprint density at radius 2 is 2.31 bits per heavy atom. The van der Waals surface area contributed by atoms with E-state index in [2.05, 4.69) is 11.8 Å². The van der Waals surface area contributed by atoms with Gasteiger partial charge in [0, 0.05) is 12.5 Å². The van der Waals surface area contributed by atoms with Crippen molar-refractivity contribution in [1.82, 2.24) is 0 Å². The molecule has 1 aliphatic rings. The number of hydrogen-bond acceptors (Lipinski definition) is 3. The summed E-state index contributed by atoms with van der Waals surface area (Å²) in [4.78, 5) is 0. The van der Waals surface area contributed by atoms with Crippen LogP contribution in [-0.2, 0) is 4.74 Å². The van der Waals surface area contributed by atoms with E-state index in [1.807, 2.05) is 12.2 Å². The first-order chi connectivity index (χ1) is 7.76. The van der Waals surface area contributed by atoms with Crippen molar-refractivity contribution in [3.05, 3.63) is 23.5 Å². The van der Waals surface area contributed by atoms with Gasteiger partial charge in [-0.2, -0.15) is 0 Å². The van der Waals surface area contributed by atoms with Crippen molar-refractivity contribution >= 4 is 0 Å². The van der Waals surface area contributed by atoms with Gasteiger partial charge >= 0.3 is 0 Å². The molecule has 3 heteroatoms. The maximum Gasteiger partial charge on any atom is 0.148 e. The van der Waals surface area contributed by atoms with Crippen LogP contribution in [0, 0.1) is 11.8 Å². The molecular formula is C13H19NO2. The molecule has 0 saturated heterocycles. The molecule has 0 unspecified atom stereocenters. The van der Waals surface area contributed by atoms with Crippen molar-refractivity contribution in [1.29, 1.82) is 0 Å². The Balaban J connectivity index is 2.40. The molecule has 0 amide bonds. The highest BCUT2D eigenvalue weighted by Crippen LogP contribution is 2.21. The van der Waals surface area contributed by atoms with Gasteiger partial charge in [-0.1, -0.05) is 17.6 Å². The second-order valence-corrected chi connectivity index (χ2v) is 3.82. The zero-order valence-electron chi connectivity index (χ0n) is 9.70. The number of ether oxygens (including phenoxy) is 1. The van der Waals surface area contributed by atoms with Gasteiger partial charge in [-0.25, -0.2) is 0 Å². The van der Waals surface area contributed by atoms with Gasteiger partial charge in [-0.15, -0.1) is 5.92 Å². The van der Waals surface area contributed by atoms with Crippen molar-refractivity contribution in [3.63, 3.8) is 0 Å². The van der Waals surface area contributed by atoms with E-state index in [-0.39, 0.29) is 12.6 Å². The molecule has 16 heavy (non-hydrogen) atoms. The molecule has 0 bridgehead atoms. The van der Waals surface area contributed by atoms with Crippen molar-refractivity contribution < 1.29 is 9.84 Å². The summed E-state index contributed by atoms with van der Waals surface area (Å²) in [6, 6.07) is -0.145. The fraction of sp³-hybridized carbons (Fsp3) is 0.538. The third kappa shape index (κ3) is 4.52. The van der Waals surface area contributed by atoms with Crippen LogP contribution >= 0.6 is 0 Å². The number of nitrogens with two attached hydrogens (primary N) is 1. The lowest BCUT2D eigenvalue weighted by molar-refractivity contribution is 0.238. The van der Waals surface area contributed by atoms with Crippen molar-refractivity contribution in [3.8, 4) is 11.8 Å². The molecule has 1 rings (SSSR count). The van der Waals surface area contributed by atoms with Crippen molar-refractivity contribution in [2.24, 2.45) is 5.73 Å². The maximum absolute atomic E-state index is 8.85. The number of aliphatic hydroxyl groups excluding tert-OH is 1. The third-order valence-electron chi connectivity index (χ3n) is 2.46.